The summed E-state index contributed by atoms with van der Waals surface area (Å²) in [5, 5.41) is 11.8. The number of halogens is 1. The third kappa shape index (κ3) is 5.21. The van der Waals surface area contributed by atoms with Crippen LogP contribution in [-0.2, 0) is 11.3 Å². The number of nitrogens with zero attached hydrogens (tertiary/aromatic N) is 4. The van der Waals surface area contributed by atoms with E-state index in [9.17, 15) is 4.79 Å². The molecule has 0 aliphatic rings. The molecule has 0 radical (unpaired) electrons. The number of anilines is 2. The normalized spacial score (nSPS) is 10.3. The third-order valence-electron chi connectivity index (χ3n) is 3.58. The van der Waals surface area contributed by atoms with E-state index in [4.69, 9.17) is 4.74 Å². The molecular formula is C16H24ClN5O2. The molecule has 8 heteroatoms. The average Bonchev–Trinajstić information content (AvgIpc) is 2.99. The van der Waals surface area contributed by atoms with Gasteiger partial charge >= 0.3 is 5.97 Å². The van der Waals surface area contributed by atoms with Crippen LogP contribution in [0.2, 0.25) is 0 Å². The second kappa shape index (κ2) is 9.89. The van der Waals surface area contributed by atoms with E-state index in [-0.39, 0.29) is 18.1 Å². The minimum atomic E-state index is -0.502. The van der Waals surface area contributed by atoms with Crippen molar-refractivity contribution in [2.45, 2.75) is 20.4 Å². The van der Waals surface area contributed by atoms with Crippen molar-refractivity contribution in [3.63, 3.8) is 0 Å². The van der Waals surface area contributed by atoms with Crippen molar-refractivity contribution in [2.75, 3.05) is 32.1 Å². The van der Waals surface area contributed by atoms with Crippen LogP contribution in [0.25, 0.3) is 0 Å². The van der Waals surface area contributed by atoms with Crippen LogP contribution in [-0.4, -0.2) is 52.6 Å². The molecule has 0 spiro atoms. The molecule has 1 aromatic carbocycles. The maximum atomic E-state index is 11.9. The van der Waals surface area contributed by atoms with Crippen LogP contribution >= 0.6 is 12.4 Å². The molecule has 2 rings (SSSR count). The van der Waals surface area contributed by atoms with Gasteiger partial charge in [-0.05, 0) is 25.2 Å². The van der Waals surface area contributed by atoms with Gasteiger partial charge in [0.2, 0.25) is 5.69 Å². The number of methoxy groups -OCH3 is 1. The number of hydrogen-bond donors (Lipinski definition) is 1. The van der Waals surface area contributed by atoms with E-state index < -0.39 is 5.97 Å². The Bertz CT molecular complexity index is 629. The summed E-state index contributed by atoms with van der Waals surface area (Å²) >= 11 is 0. The van der Waals surface area contributed by atoms with E-state index in [1.165, 1.54) is 11.9 Å². The lowest BCUT2D eigenvalue weighted by Gasteiger charge is -2.16. The predicted molar refractivity (Wildman–Crippen MR) is 96.1 cm³/mol. The van der Waals surface area contributed by atoms with E-state index in [1.54, 1.807) is 0 Å². The Hall–Kier alpha value is -2.12. The molecule has 0 bridgehead atoms. The maximum absolute atomic E-state index is 11.9. The molecule has 0 saturated carbocycles. The van der Waals surface area contributed by atoms with Gasteiger partial charge in [0.25, 0.3) is 0 Å². The number of nitrogens with one attached hydrogen (secondary N) is 1. The molecule has 0 atom stereocenters. The van der Waals surface area contributed by atoms with Gasteiger partial charge in [-0.15, -0.1) is 22.6 Å². The Balaban J connectivity index is 0.00000288. The minimum absolute atomic E-state index is 0. The number of carbonyl (C=O) groups excluding carboxylic acids is 1. The predicted octanol–water partition coefficient (Wildman–Crippen LogP) is 2.57. The fourth-order valence-corrected chi connectivity index (χ4v) is 2.20. The number of ether oxygens (including phenoxy) is 1. The lowest BCUT2D eigenvalue weighted by Crippen LogP contribution is -2.27. The van der Waals surface area contributed by atoms with Gasteiger partial charge in [0.15, 0.2) is 5.82 Å². The van der Waals surface area contributed by atoms with Crippen molar-refractivity contribution in [3.8, 4) is 0 Å². The van der Waals surface area contributed by atoms with Gasteiger partial charge in [-0.2, -0.15) is 4.80 Å². The van der Waals surface area contributed by atoms with Gasteiger partial charge in [0.05, 0.1) is 13.7 Å². The molecule has 1 heterocycles. The second-order valence-electron chi connectivity index (χ2n) is 5.00. The molecule has 0 amide bonds. The largest absolute Gasteiger partial charge is 0.464 e. The number of likely N-dealkylation sites (N-methyl/N-ethyl adjacent to an activating group) is 1. The molecule has 132 valence electrons. The van der Waals surface area contributed by atoms with Crippen molar-refractivity contribution in [1.29, 1.82) is 0 Å². The highest BCUT2D eigenvalue weighted by Crippen LogP contribution is 2.17. The Labute approximate surface area is 148 Å². The highest BCUT2D eigenvalue weighted by Gasteiger charge is 2.19. The van der Waals surface area contributed by atoms with Crippen molar-refractivity contribution in [2.24, 2.45) is 0 Å². The van der Waals surface area contributed by atoms with Gasteiger partial charge in [-0.3, -0.25) is 0 Å². The van der Waals surface area contributed by atoms with E-state index in [0.717, 1.165) is 25.3 Å². The molecule has 0 aliphatic carbocycles. The van der Waals surface area contributed by atoms with Crippen molar-refractivity contribution < 1.29 is 9.53 Å². The van der Waals surface area contributed by atoms with Crippen LogP contribution in [0.4, 0.5) is 11.5 Å². The SMILES string of the molecule is CCN(CC)CCn1nc(Nc2ccccc2)c(C(=O)OC)n1.Cl. The number of esters is 1. The van der Waals surface area contributed by atoms with Gasteiger partial charge in [-0.1, -0.05) is 32.0 Å². The fraction of sp³-hybridized carbons (Fsp3) is 0.438. The summed E-state index contributed by atoms with van der Waals surface area (Å²) in [4.78, 5) is 15.7. The zero-order chi connectivity index (χ0) is 16.7. The van der Waals surface area contributed by atoms with E-state index in [1.807, 2.05) is 30.3 Å². The maximum Gasteiger partial charge on any atom is 0.362 e. The summed E-state index contributed by atoms with van der Waals surface area (Å²) in [5.74, 6) is -0.0971. The van der Waals surface area contributed by atoms with Gasteiger partial charge in [0.1, 0.15) is 0 Å². The number of benzene rings is 1. The summed E-state index contributed by atoms with van der Waals surface area (Å²) in [6.45, 7) is 7.60. The lowest BCUT2D eigenvalue weighted by molar-refractivity contribution is 0.0594. The zero-order valence-electron chi connectivity index (χ0n) is 14.2. The Kier molecular flexibility index (Phi) is 8.21. The van der Waals surface area contributed by atoms with Crippen LogP contribution < -0.4 is 5.32 Å². The summed E-state index contributed by atoms with van der Waals surface area (Å²) in [6, 6.07) is 9.54. The summed E-state index contributed by atoms with van der Waals surface area (Å²) < 4.78 is 4.79. The number of carbonyl (C=O) groups is 1. The first-order chi connectivity index (χ1) is 11.2. The molecule has 2 aromatic rings. The third-order valence-corrected chi connectivity index (χ3v) is 3.58. The zero-order valence-corrected chi connectivity index (χ0v) is 15.0. The van der Waals surface area contributed by atoms with Crippen molar-refractivity contribution in [1.82, 2.24) is 19.9 Å². The standard InChI is InChI=1S/C16H23N5O2.ClH/c1-4-20(5-2)11-12-21-18-14(16(22)23-3)15(19-21)17-13-9-7-6-8-10-13;/h6-10H,4-5,11-12H2,1-3H3,(H,17,19);1H. The topological polar surface area (TPSA) is 72.3 Å². The first kappa shape index (κ1) is 19.9. The molecule has 0 aliphatic heterocycles. The van der Waals surface area contributed by atoms with Gasteiger partial charge in [-0.25, -0.2) is 4.79 Å². The van der Waals surface area contributed by atoms with Crippen molar-refractivity contribution >= 4 is 29.9 Å². The van der Waals surface area contributed by atoms with Gasteiger partial charge < -0.3 is 15.0 Å². The molecule has 1 N–H and O–H groups in total. The quantitative estimate of drug-likeness (QED) is 0.735. The van der Waals surface area contributed by atoms with E-state index >= 15 is 0 Å². The Morgan fingerprint density at radius 2 is 1.88 bits per heavy atom. The highest BCUT2D eigenvalue weighted by molar-refractivity contribution is 5.93. The van der Waals surface area contributed by atoms with Crippen LogP contribution in [0.15, 0.2) is 30.3 Å². The van der Waals surface area contributed by atoms with Crippen LogP contribution in [0.1, 0.15) is 24.3 Å². The van der Waals surface area contributed by atoms with Crippen LogP contribution in [0, 0.1) is 0 Å². The summed E-state index contributed by atoms with van der Waals surface area (Å²) in [6.07, 6.45) is 0. The number of para-hydroxylation sites is 1. The van der Waals surface area contributed by atoms with E-state index in [0.29, 0.717) is 12.4 Å². The number of rotatable bonds is 8. The molecule has 0 fully saturated rings. The second-order valence-corrected chi connectivity index (χ2v) is 5.00. The molecule has 0 unspecified atom stereocenters. The smallest absolute Gasteiger partial charge is 0.362 e. The first-order valence-electron chi connectivity index (χ1n) is 7.75. The first-order valence-corrected chi connectivity index (χ1v) is 7.75. The lowest BCUT2D eigenvalue weighted by atomic mass is 10.3. The molecule has 0 saturated heterocycles. The highest BCUT2D eigenvalue weighted by atomic mass is 35.5. The average molecular weight is 354 g/mol. The fourth-order valence-electron chi connectivity index (χ4n) is 2.20. The molecular weight excluding hydrogens is 330 g/mol. The Morgan fingerprint density at radius 3 is 2.46 bits per heavy atom. The summed E-state index contributed by atoms with van der Waals surface area (Å²) in [7, 11) is 1.34. The molecule has 7 nitrogen and oxygen atoms in total. The van der Waals surface area contributed by atoms with Crippen LogP contribution in [0.3, 0.4) is 0 Å². The van der Waals surface area contributed by atoms with Crippen molar-refractivity contribution in [3.05, 3.63) is 36.0 Å². The van der Waals surface area contributed by atoms with E-state index in [2.05, 4.69) is 34.3 Å². The number of hydrogen-bond acceptors (Lipinski definition) is 6. The van der Waals surface area contributed by atoms with Crippen LogP contribution in [0.5, 0.6) is 0 Å². The Morgan fingerprint density at radius 1 is 1.21 bits per heavy atom. The molecule has 24 heavy (non-hydrogen) atoms. The monoisotopic (exact) mass is 353 g/mol. The minimum Gasteiger partial charge on any atom is -0.464 e. The number of aromatic nitrogens is 3. The molecule has 1 aromatic heterocycles. The van der Waals surface area contributed by atoms with Gasteiger partial charge in [0, 0.05) is 12.2 Å². The summed E-state index contributed by atoms with van der Waals surface area (Å²) in [5.41, 5.74) is 1.03.